The Morgan fingerprint density at radius 2 is 2.00 bits per heavy atom. The molecule has 0 saturated heterocycles. The summed E-state index contributed by atoms with van der Waals surface area (Å²) in [6, 6.07) is 2.79. The number of aromatic amines is 1. The second-order valence-corrected chi connectivity index (χ2v) is 9.38. The molecule has 1 saturated carbocycles. The molecule has 2 N–H and O–H groups in total. The van der Waals surface area contributed by atoms with Gasteiger partial charge in [0.05, 0.1) is 23.6 Å². The van der Waals surface area contributed by atoms with Gasteiger partial charge in [-0.2, -0.15) is 0 Å². The fourth-order valence-corrected chi connectivity index (χ4v) is 4.85. The number of hydrogen-bond donors (Lipinski definition) is 2. The molecule has 7 nitrogen and oxygen atoms in total. The van der Waals surface area contributed by atoms with E-state index < -0.39 is 11.6 Å². The highest BCUT2D eigenvalue weighted by molar-refractivity contribution is 6.31. The van der Waals surface area contributed by atoms with Crippen LogP contribution < -0.4 is 5.32 Å². The summed E-state index contributed by atoms with van der Waals surface area (Å²) < 4.78 is 28.8. The molecule has 1 aromatic carbocycles. The second kappa shape index (κ2) is 9.65. The van der Waals surface area contributed by atoms with Gasteiger partial charge in [-0.05, 0) is 44.2 Å². The number of nitrogens with zero attached hydrogens (tertiary/aromatic N) is 4. The van der Waals surface area contributed by atoms with Crippen LogP contribution in [0.25, 0.3) is 22.3 Å². The Morgan fingerprint density at radius 1 is 1.14 bits per heavy atom. The van der Waals surface area contributed by atoms with Crippen molar-refractivity contribution in [2.24, 2.45) is 5.92 Å². The molecule has 180 valence electrons. The van der Waals surface area contributed by atoms with E-state index in [0.717, 1.165) is 31.2 Å². The quantitative estimate of drug-likeness (QED) is 0.323. The van der Waals surface area contributed by atoms with Crippen molar-refractivity contribution >= 4 is 34.1 Å². The van der Waals surface area contributed by atoms with Gasteiger partial charge in [0.1, 0.15) is 11.5 Å². The number of carbonyl (C=O) groups excluding carboxylic acids is 1. The average Bonchev–Trinajstić information content (AvgIpc) is 3.25. The van der Waals surface area contributed by atoms with E-state index in [1.165, 1.54) is 12.3 Å². The average molecular weight is 497 g/mol. The highest BCUT2D eigenvalue weighted by Gasteiger charge is 2.26. The SMILES string of the molecule is Cc1cnc(C(=O)C[C@@H]2CCC[C@H](Nc3nc(-c4c[nH]c5c(F)cc(Cl)cc45)ncc3F)C2)cn1. The number of aryl methyl sites for hydroxylation is 1. The minimum atomic E-state index is -0.578. The van der Waals surface area contributed by atoms with Gasteiger partial charge in [-0.15, -0.1) is 0 Å². The molecule has 3 heterocycles. The van der Waals surface area contributed by atoms with Crippen molar-refractivity contribution in [1.82, 2.24) is 24.9 Å². The fraction of sp³-hybridized carbons (Fsp3) is 0.320. The van der Waals surface area contributed by atoms with Crippen molar-refractivity contribution < 1.29 is 13.6 Å². The number of nitrogens with one attached hydrogen (secondary N) is 2. The number of fused-ring (bicyclic) bond motifs is 1. The van der Waals surface area contributed by atoms with Gasteiger partial charge in [0.25, 0.3) is 0 Å². The van der Waals surface area contributed by atoms with Crippen molar-refractivity contribution in [1.29, 1.82) is 0 Å². The molecule has 3 aromatic heterocycles. The van der Waals surface area contributed by atoms with E-state index in [9.17, 15) is 13.6 Å². The predicted octanol–water partition coefficient (Wildman–Crippen LogP) is 5.90. The van der Waals surface area contributed by atoms with Gasteiger partial charge in [-0.1, -0.05) is 18.0 Å². The van der Waals surface area contributed by atoms with Gasteiger partial charge in [-0.25, -0.2) is 23.7 Å². The summed E-state index contributed by atoms with van der Waals surface area (Å²) in [6.07, 6.45) is 9.52. The highest BCUT2D eigenvalue weighted by atomic mass is 35.5. The molecule has 0 amide bonds. The van der Waals surface area contributed by atoms with Gasteiger partial charge >= 0.3 is 0 Å². The number of Topliss-reactive ketones (excluding diaryl/α,β-unsaturated/α-hetero) is 1. The van der Waals surface area contributed by atoms with E-state index in [0.29, 0.717) is 29.5 Å². The number of hydrogen-bond acceptors (Lipinski definition) is 6. The second-order valence-electron chi connectivity index (χ2n) is 8.95. The molecule has 4 aromatic rings. The van der Waals surface area contributed by atoms with Crippen LogP contribution in [0.15, 0.2) is 36.9 Å². The Balaban J connectivity index is 1.32. The molecule has 0 spiro atoms. The van der Waals surface area contributed by atoms with Crippen molar-refractivity contribution in [3.63, 3.8) is 0 Å². The topological polar surface area (TPSA) is 96.5 Å². The van der Waals surface area contributed by atoms with E-state index in [4.69, 9.17) is 11.6 Å². The van der Waals surface area contributed by atoms with Crippen LogP contribution in [0.3, 0.4) is 0 Å². The molecule has 10 heteroatoms. The first-order valence-corrected chi connectivity index (χ1v) is 11.8. The van der Waals surface area contributed by atoms with E-state index in [2.05, 4.69) is 30.2 Å². The van der Waals surface area contributed by atoms with Crippen molar-refractivity contribution in [2.75, 3.05) is 5.32 Å². The monoisotopic (exact) mass is 496 g/mol. The van der Waals surface area contributed by atoms with Crippen molar-refractivity contribution in [3.8, 4) is 11.4 Å². The fourth-order valence-electron chi connectivity index (χ4n) is 4.64. The molecule has 2 atom stereocenters. The van der Waals surface area contributed by atoms with Crippen LogP contribution in [0.1, 0.15) is 48.3 Å². The van der Waals surface area contributed by atoms with E-state index in [1.807, 2.05) is 6.92 Å². The summed E-state index contributed by atoms with van der Waals surface area (Å²) in [6.45, 7) is 1.82. The zero-order chi connectivity index (χ0) is 24.5. The van der Waals surface area contributed by atoms with Crippen LogP contribution in [-0.4, -0.2) is 36.7 Å². The molecule has 35 heavy (non-hydrogen) atoms. The summed E-state index contributed by atoms with van der Waals surface area (Å²) >= 11 is 6.02. The molecule has 1 aliphatic carbocycles. The minimum Gasteiger partial charge on any atom is -0.365 e. The number of halogens is 3. The lowest BCUT2D eigenvalue weighted by molar-refractivity contribution is 0.0943. The first kappa shape index (κ1) is 23.3. The van der Waals surface area contributed by atoms with Gasteiger partial charge in [0.2, 0.25) is 0 Å². The number of rotatable bonds is 6. The summed E-state index contributed by atoms with van der Waals surface area (Å²) in [5, 5.41) is 3.96. The maximum Gasteiger partial charge on any atom is 0.183 e. The number of benzene rings is 1. The van der Waals surface area contributed by atoms with Crippen LogP contribution in [0, 0.1) is 24.5 Å². The molecule has 0 aliphatic heterocycles. The Bertz CT molecular complexity index is 1390. The van der Waals surface area contributed by atoms with Crippen molar-refractivity contribution in [2.45, 2.75) is 45.1 Å². The van der Waals surface area contributed by atoms with E-state index in [-0.39, 0.29) is 39.9 Å². The first-order chi connectivity index (χ1) is 16.9. The third kappa shape index (κ3) is 5.00. The van der Waals surface area contributed by atoms with Gasteiger partial charge < -0.3 is 10.3 Å². The maximum absolute atomic E-state index is 14.6. The third-order valence-corrected chi connectivity index (χ3v) is 6.57. The van der Waals surface area contributed by atoms with Crippen LogP contribution in [0.5, 0.6) is 0 Å². The van der Waals surface area contributed by atoms with Crippen LogP contribution in [0.4, 0.5) is 14.6 Å². The van der Waals surface area contributed by atoms with Crippen molar-refractivity contribution in [3.05, 3.63) is 65.0 Å². The molecule has 1 aliphatic rings. The van der Waals surface area contributed by atoms with Gasteiger partial charge in [0, 0.05) is 40.8 Å². The number of carbonyl (C=O) groups is 1. The summed E-state index contributed by atoms with van der Waals surface area (Å²) in [5.41, 5.74) is 1.93. The Morgan fingerprint density at radius 3 is 2.80 bits per heavy atom. The lowest BCUT2D eigenvalue weighted by Crippen LogP contribution is -2.29. The lowest BCUT2D eigenvalue weighted by Gasteiger charge is -2.29. The molecule has 0 bridgehead atoms. The number of ketones is 1. The molecule has 0 radical (unpaired) electrons. The first-order valence-electron chi connectivity index (χ1n) is 11.4. The Kier molecular flexibility index (Phi) is 6.42. The van der Waals surface area contributed by atoms with Crippen LogP contribution >= 0.6 is 11.6 Å². The standard InChI is InChI=1S/C25H23ClF2N6O/c1-13-9-30-21(12-29-13)22(35)6-14-3-2-4-16(5-14)33-25-20(28)11-32-24(34-25)18-10-31-23-17(18)7-15(26)8-19(23)27/h7-12,14,16,31H,2-6H2,1H3,(H,32,33,34)/t14-,16+/m1/s1. The minimum absolute atomic E-state index is 0.0381. The number of anilines is 1. The zero-order valence-electron chi connectivity index (χ0n) is 19.0. The maximum atomic E-state index is 14.6. The Hall–Kier alpha value is -3.46. The van der Waals surface area contributed by atoms with Gasteiger partial charge in [0.15, 0.2) is 23.2 Å². The normalized spacial score (nSPS) is 18.1. The lowest BCUT2D eigenvalue weighted by atomic mass is 9.82. The highest BCUT2D eigenvalue weighted by Crippen LogP contribution is 2.33. The molecule has 1 fully saturated rings. The molecular formula is C25H23ClF2N6O. The van der Waals surface area contributed by atoms with Crippen LogP contribution in [-0.2, 0) is 0 Å². The van der Waals surface area contributed by atoms with E-state index >= 15 is 0 Å². The number of H-pyrrole nitrogens is 1. The van der Waals surface area contributed by atoms with Gasteiger partial charge in [-0.3, -0.25) is 9.78 Å². The van der Waals surface area contributed by atoms with Crippen LogP contribution in [0.2, 0.25) is 5.02 Å². The molecule has 5 rings (SSSR count). The Labute approximate surface area is 205 Å². The third-order valence-electron chi connectivity index (χ3n) is 6.36. The summed E-state index contributed by atoms with van der Waals surface area (Å²) in [7, 11) is 0. The zero-order valence-corrected chi connectivity index (χ0v) is 19.7. The largest absolute Gasteiger partial charge is 0.365 e. The summed E-state index contributed by atoms with van der Waals surface area (Å²) in [4.78, 5) is 32.3. The predicted molar refractivity (Wildman–Crippen MR) is 129 cm³/mol. The number of aromatic nitrogens is 5. The molecular weight excluding hydrogens is 474 g/mol. The smallest absolute Gasteiger partial charge is 0.183 e. The molecule has 0 unspecified atom stereocenters. The summed E-state index contributed by atoms with van der Waals surface area (Å²) in [5.74, 6) is -0.621. The van der Waals surface area contributed by atoms with E-state index in [1.54, 1.807) is 18.5 Å².